The van der Waals surface area contributed by atoms with Crippen LogP contribution in [0, 0.1) is 6.92 Å². The van der Waals surface area contributed by atoms with E-state index in [-0.39, 0.29) is 11.4 Å². The lowest BCUT2D eigenvalue weighted by Crippen LogP contribution is -2.53. The first kappa shape index (κ1) is 13.0. The van der Waals surface area contributed by atoms with Crippen LogP contribution < -0.4 is 5.32 Å². The first-order chi connectivity index (χ1) is 8.15. The molecule has 2 rings (SSSR count). The normalized spacial score (nSPS) is 18.9. The molecule has 1 fully saturated rings. The molecule has 0 bridgehead atoms. The number of halogens is 1. The van der Waals surface area contributed by atoms with Gasteiger partial charge in [-0.25, -0.2) is 4.98 Å². The minimum absolute atomic E-state index is 0.0873. The summed E-state index contributed by atoms with van der Waals surface area (Å²) < 4.78 is 5.33. The van der Waals surface area contributed by atoms with Gasteiger partial charge in [-0.05, 0) is 19.8 Å². The maximum atomic E-state index is 12.1. The Labute approximate surface area is 113 Å². The summed E-state index contributed by atoms with van der Waals surface area (Å²) in [4.78, 5) is 16.3. The van der Waals surface area contributed by atoms with Crippen molar-refractivity contribution in [2.45, 2.75) is 25.3 Å². The van der Waals surface area contributed by atoms with Gasteiger partial charge in [0, 0.05) is 23.9 Å². The van der Waals surface area contributed by atoms with Crippen molar-refractivity contribution < 1.29 is 9.53 Å². The van der Waals surface area contributed by atoms with E-state index in [0.717, 1.165) is 23.2 Å². The summed E-state index contributed by atoms with van der Waals surface area (Å²) in [6.07, 6.45) is 1.68. The summed E-state index contributed by atoms with van der Waals surface area (Å²) in [7, 11) is 0. The smallest absolute Gasteiger partial charge is 0.271 e. The maximum absolute atomic E-state index is 12.1. The van der Waals surface area contributed by atoms with Crippen molar-refractivity contribution in [2.75, 3.05) is 18.5 Å². The van der Waals surface area contributed by atoms with Crippen LogP contribution in [-0.2, 0) is 4.74 Å². The average molecular weight is 319 g/mol. The van der Waals surface area contributed by atoms with Gasteiger partial charge in [0.1, 0.15) is 5.69 Å². The molecule has 0 unspecified atom stereocenters. The monoisotopic (exact) mass is 318 g/mol. The predicted molar refractivity (Wildman–Crippen MR) is 70.9 cm³/mol. The second-order valence-corrected chi connectivity index (χ2v) is 5.86. The van der Waals surface area contributed by atoms with Crippen LogP contribution in [0.25, 0.3) is 0 Å². The lowest BCUT2D eigenvalue weighted by Gasteiger charge is -2.36. The number of thiazole rings is 1. The maximum Gasteiger partial charge on any atom is 0.271 e. The molecule has 0 aliphatic carbocycles. The van der Waals surface area contributed by atoms with E-state index < -0.39 is 0 Å². The van der Waals surface area contributed by atoms with Gasteiger partial charge in [0.2, 0.25) is 0 Å². The van der Waals surface area contributed by atoms with E-state index >= 15 is 0 Å². The number of nitrogens with one attached hydrogen (secondary N) is 1. The SMILES string of the molecule is Cc1nc(C(=O)NC2(CBr)CCOCC2)cs1. The largest absolute Gasteiger partial charge is 0.381 e. The molecule has 1 amide bonds. The van der Waals surface area contributed by atoms with E-state index in [2.05, 4.69) is 26.2 Å². The van der Waals surface area contributed by atoms with Crippen LogP contribution in [0.15, 0.2) is 5.38 Å². The van der Waals surface area contributed by atoms with Crippen molar-refractivity contribution in [1.82, 2.24) is 10.3 Å². The number of aryl methyl sites for hydroxylation is 1. The zero-order chi connectivity index (χ0) is 12.3. The Morgan fingerprint density at radius 3 is 2.88 bits per heavy atom. The van der Waals surface area contributed by atoms with Crippen molar-refractivity contribution in [3.05, 3.63) is 16.1 Å². The summed E-state index contributed by atoms with van der Waals surface area (Å²) in [5, 5.41) is 6.55. The quantitative estimate of drug-likeness (QED) is 0.869. The summed E-state index contributed by atoms with van der Waals surface area (Å²) in [6.45, 7) is 3.29. The number of alkyl halides is 1. The van der Waals surface area contributed by atoms with Crippen LogP contribution in [0.4, 0.5) is 0 Å². The Morgan fingerprint density at radius 1 is 1.65 bits per heavy atom. The van der Waals surface area contributed by atoms with Gasteiger partial charge >= 0.3 is 0 Å². The Balaban J connectivity index is 2.05. The van der Waals surface area contributed by atoms with Gasteiger partial charge in [0.25, 0.3) is 5.91 Å². The second-order valence-electron chi connectivity index (χ2n) is 4.23. The minimum Gasteiger partial charge on any atom is -0.381 e. The highest BCUT2D eigenvalue weighted by Crippen LogP contribution is 2.23. The number of carbonyl (C=O) groups is 1. The topological polar surface area (TPSA) is 51.2 Å². The highest BCUT2D eigenvalue weighted by molar-refractivity contribution is 9.09. The minimum atomic E-state index is -0.188. The number of rotatable bonds is 3. The molecule has 0 atom stereocenters. The van der Waals surface area contributed by atoms with E-state index in [1.165, 1.54) is 11.3 Å². The van der Waals surface area contributed by atoms with E-state index in [4.69, 9.17) is 4.74 Å². The number of hydrogen-bond donors (Lipinski definition) is 1. The lowest BCUT2D eigenvalue weighted by atomic mass is 9.92. The fourth-order valence-corrected chi connectivity index (χ4v) is 3.12. The number of aromatic nitrogens is 1. The van der Waals surface area contributed by atoms with Crippen LogP contribution in [0.5, 0.6) is 0 Å². The molecule has 1 aliphatic rings. The zero-order valence-corrected chi connectivity index (χ0v) is 12.1. The standard InChI is InChI=1S/C11H15BrN2O2S/c1-8-13-9(6-17-8)10(15)14-11(7-12)2-4-16-5-3-11/h6H,2-5,7H2,1H3,(H,14,15). The van der Waals surface area contributed by atoms with Crippen LogP contribution >= 0.6 is 27.3 Å². The molecular formula is C11H15BrN2O2S. The van der Waals surface area contributed by atoms with Gasteiger partial charge < -0.3 is 10.1 Å². The van der Waals surface area contributed by atoms with Crippen molar-refractivity contribution in [3.63, 3.8) is 0 Å². The molecule has 4 nitrogen and oxygen atoms in total. The van der Waals surface area contributed by atoms with Gasteiger partial charge in [-0.15, -0.1) is 11.3 Å². The van der Waals surface area contributed by atoms with Crippen LogP contribution in [-0.4, -0.2) is 35.0 Å². The third kappa shape index (κ3) is 3.05. The Morgan fingerprint density at radius 2 is 2.35 bits per heavy atom. The van der Waals surface area contributed by atoms with Gasteiger partial charge in [-0.3, -0.25) is 4.79 Å². The number of nitrogens with zero attached hydrogens (tertiary/aromatic N) is 1. The predicted octanol–water partition coefficient (Wildman–Crippen LogP) is 2.13. The second kappa shape index (κ2) is 5.46. The third-order valence-corrected chi connectivity index (χ3v) is 4.78. The van der Waals surface area contributed by atoms with Crippen molar-refractivity contribution in [3.8, 4) is 0 Å². The van der Waals surface area contributed by atoms with E-state index in [1.54, 1.807) is 5.38 Å². The Bertz CT molecular complexity index is 402. The molecule has 0 saturated carbocycles. The molecule has 0 aromatic carbocycles. The van der Waals surface area contributed by atoms with Gasteiger partial charge in [0.15, 0.2) is 0 Å². The fourth-order valence-electron chi connectivity index (χ4n) is 1.83. The molecule has 0 spiro atoms. The molecule has 17 heavy (non-hydrogen) atoms. The number of carbonyl (C=O) groups excluding carboxylic acids is 1. The highest BCUT2D eigenvalue weighted by Gasteiger charge is 2.33. The number of hydrogen-bond acceptors (Lipinski definition) is 4. The fraction of sp³-hybridized carbons (Fsp3) is 0.636. The highest BCUT2D eigenvalue weighted by atomic mass is 79.9. The molecule has 94 valence electrons. The van der Waals surface area contributed by atoms with Crippen LogP contribution in [0.1, 0.15) is 28.3 Å². The number of amides is 1. The summed E-state index contributed by atoms with van der Waals surface area (Å²) in [6, 6.07) is 0. The van der Waals surface area contributed by atoms with E-state index in [1.807, 2.05) is 6.92 Å². The zero-order valence-electron chi connectivity index (χ0n) is 9.66. The van der Waals surface area contributed by atoms with Crippen molar-refractivity contribution in [1.29, 1.82) is 0 Å². The van der Waals surface area contributed by atoms with Crippen molar-refractivity contribution >= 4 is 33.2 Å². The molecule has 1 aromatic heterocycles. The Hall–Kier alpha value is -0.460. The van der Waals surface area contributed by atoms with Gasteiger partial charge in [-0.1, -0.05) is 15.9 Å². The molecule has 0 radical (unpaired) electrons. The lowest BCUT2D eigenvalue weighted by molar-refractivity contribution is 0.0440. The molecular weight excluding hydrogens is 304 g/mol. The molecule has 1 aliphatic heterocycles. The average Bonchev–Trinajstić information content (AvgIpc) is 2.77. The number of ether oxygens (including phenoxy) is 1. The summed E-state index contributed by atoms with van der Waals surface area (Å²) in [5.74, 6) is -0.0873. The Kier molecular flexibility index (Phi) is 4.17. The summed E-state index contributed by atoms with van der Waals surface area (Å²) >= 11 is 4.98. The molecule has 1 aromatic rings. The first-order valence-corrected chi connectivity index (χ1v) is 7.54. The van der Waals surface area contributed by atoms with E-state index in [0.29, 0.717) is 18.9 Å². The van der Waals surface area contributed by atoms with Crippen LogP contribution in [0.3, 0.4) is 0 Å². The molecule has 1 N–H and O–H groups in total. The summed E-state index contributed by atoms with van der Waals surface area (Å²) in [5.41, 5.74) is 0.326. The molecule has 2 heterocycles. The first-order valence-electron chi connectivity index (χ1n) is 5.54. The van der Waals surface area contributed by atoms with Gasteiger partial charge in [0.05, 0.1) is 10.5 Å². The molecule has 1 saturated heterocycles. The van der Waals surface area contributed by atoms with E-state index in [9.17, 15) is 4.79 Å². The molecule has 6 heteroatoms. The van der Waals surface area contributed by atoms with Crippen molar-refractivity contribution in [2.24, 2.45) is 0 Å². The third-order valence-electron chi connectivity index (χ3n) is 2.94. The van der Waals surface area contributed by atoms with Gasteiger partial charge in [-0.2, -0.15) is 0 Å². The van der Waals surface area contributed by atoms with Crippen LogP contribution in [0.2, 0.25) is 0 Å².